The fourth-order valence-corrected chi connectivity index (χ4v) is 3.33. The Balaban J connectivity index is 2.13. The molecule has 0 amide bonds. The van der Waals surface area contributed by atoms with Gasteiger partial charge in [-0.1, -0.05) is 12.2 Å². The first-order valence-electron chi connectivity index (χ1n) is 5.96. The number of hydrogen-bond acceptors (Lipinski definition) is 3. The van der Waals surface area contributed by atoms with Crippen molar-refractivity contribution >= 4 is 0 Å². The third-order valence-electron chi connectivity index (χ3n) is 4.24. The van der Waals surface area contributed by atoms with E-state index < -0.39 is 35.4 Å². The summed E-state index contributed by atoms with van der Waals surface area (Å²) in [5.41, 5.74) is -2.47. The maximum atomic E-state index is 14.4. The number of hydrogen-bond donors (Lipinski definition) is 1. The van der Waals surface area contributed by atoms with Crippen molar-refractivity contribution in [3.05, 3.63) is 24.7 Å². The molecule has 4 unspecified atom stereocenters. The summed E-state index contributed by atoms with van der Waals surface area (Å²) in [5, 5.41) is 9.50. The molecule has 1 saturated carbocycles. The van der Waals surface area contributed by atoms with Gasteiger partial charge in [0.2, 0.25) is 0 Å². The lowest BCUT2D eigenvalue weighted by Crippen LogP contribution is -2.74. The van der Waals surface area contributed by atoms with Crippen LogP contribution >= 0.6 is 0 Å². The first kappa shape index (κ1) is 13.7. The summed E-state index contributed by atoms with van der Waals surface area (Å²) >= 11 is 0. The third-order valence-corrected chi connectivity index (χ3v) is 4.24. The SMILES string of the molecule is C=C1OC2(CC3C=CC2C3)C(F)(F)C(O)(C(F)(F)F)O1. The van der Waals surface area contributed by atoms with E-state index in [2.05, 4.69) is 11.3 Å². The molecule has 2 fully saturated rings. The van der Waals surface area contributed by atoms with Gasteiger partial charge in [-0.3, -0.25) is 0 Å². The van der Waals surface area contributed by atoms with Crippen LogP contribution in [0.2, 0.25) is 0 Å². The Morgan fingerprint density at radius 3 is 2.35 bits per heavy atom. The molecule has 20 heavy (non-hydrogen) atoms. The van der Waals surface area contributed by atoms with Crippen LogP contribution in [0.25, 0.3) is 0 Å². The third kappa shape index (κ3) is 1.32. The molecule has 0 aromatic rings. The highest BCUT2D eigenvalue weighted by atomic mass is 19.4. The van der Waals surface area contributed by atoms with Crippen molar-refractivity contribution in [3.8, 4) is 0 Å². The number of fused-ring (bicyclic) bond motifs is 3. The van der Waals surface area contributed by atoms with E-state index in [1.54, 1.807) is 6.08 Å². The summed E-state index contributed by atoms with van der Waals surface area (Å²) in [4.78, 5) is 0. The Labute approximate surface area is 110 Å². The van der Waals surface area contributed by atoms with Crippen molar-refractivity contribution in [1.82, 2.24) is 0 Å². The van der Waals surface area contributed by atoms with Gasteiger partial charge in [-0.05, 0) is 18.9 Å². The van der Waals surface area contributed by atoms with E-state index in [1.807, 2.05) is 0 Å². The molecule has 1 saturated heterocycles. The van der Waals surface area contributed by atoms with Crippen LogP contribution in [-0.2, 0) is 9.47 Å². The van der Waals surface area contributed by atoms with E-state index in [-0.39, 0.29) is 18.8 Å². The van der Waals surface area contributed by atoms with Gasteiger partial charge in [0.25, 0.3) is 5.95 Å². The second-order valence-electron chi connectivity index (χ2n) is 5.37. The quantitative estimate of drug-likeness (QED) is 0.552. The van der Waals surface area contributed by atoms with Gasteiger partial charge in [-0.25, -0.2) is 0 Å². The Hall–Kier alpha value is -1.31. The average Bonchev–Trinajstić information content (AvgIpc) is 2.85. The maximum absolute atomic E-state index is 14.4. The highest BCUT2D eigenvalue weighted by Gasteiger charge is 2.85. The van der Waals surface area contributed by atoms with E-state index in [9.17, 15) is 27.1 Å². The zero-order valence-electron chi connectivity index (χ0n) is 10.1. The largest absolute Gasteiger partial charge is 0.462 e. The van der Waals surface area contributed by atoms with Crippen LogP contribution in [-0.4, -0.2) is 28.6 Å². The molecule has 2 aliphatic carbocycles. The zero-order valence-corrected chi connectivity index (χ0v) is 10.1. The summed E-state index contributed by atoms with van der Waals surface area (Å²) < 4.78 is 76.4. The molecule has 4 atom stereocenters. The second-order valence-corrected chi connectivity index (χ2v) is 5.37. The molecular formula is C12H11F5O3. The summed E-state index contributed by atoms with van der Waals surface area (Å²) in [6.07, 6.45) is -2.67. The van der Waals surface area contributed by atoms with Crippen LogP contribution in [0, 0.1) is 11.8 Å². The first-order chi connectivity index (χ1) is 9.03. The van der Waals surface area contributed by atoms with Crippen LogP contribution in [0.4, 0.5) is 22.0 Å². The summed E-state index contributed by atoms with van der Waals surface area (Å²) in [6, 6.07) is 0. The number of rotatable bonds is 0. The topological polar surface area (TPSA) is 38.7 Å². The van der Waals surface area contributed by atoms with Crippen LogP contribution in [0.1, 0.15) is 12.8 Å². The molecular weight excluding hydrogens is 287 g/mol. The number of ether oxygens (including phenoxy) is 2. The van der Waals surface area contributed by atoms with Crippen molar-refractivity contribution in [1.29, 1.82) is 0 Å². The number of allylic oxidation sites excluding steroid dienone is 1. The molecule has 3 rings (SSSR count). The lowest BCUT2D eigenvalue weighted by atomic mass is 9.77. The maximum Gasteiger partial charge on any atom is 0.462 e. The van der Waals surface area contributed by atoms with Gasteiger partial charge in [0.05, 0.1) is 0 Å². The number of halogens is 5. The Kier molecular flexibility index (Phi) is 2.37. The Morgan fingerprint density at radius 2 is 1.90 bits per heavy atom. The molecule has 1 aliphatic heterocycles. The Bertz CT molecular complexity index is 500. The van der Waals surface area contributed by atoms with E-state index in [0.717, 1.165) is 0 Å². The van der Waals surface area contributed by atoms with Crippen LogP contribution < -0.4 is 0 Å². The highest BCUT2D eigenvalue weighted by molar-refractivity contribution is 5.26. The number of alkyl halides is 5. The first-order valence-corrected chi connectivity index (χ1v) is 5.96. The zero-order chi connectivity index (χ0) is 15.0. The minimum atomic E-state index is -5.68. The van der Waals surface area contributed by atoms with Crippen LogP contribution in [0.5, 0.6) is 0 Å². The van der Waals surface area contributed by atoms with Gasteiger partial charge < -0.3 is 14.6 Å². The van der Waals surface area contributed by atoms with Gasteiger partial charge in [0.15, 0.2) is 5.60 Å². The van der Waals surface area contributed by atoms with Crippen molar-refractivity contribution < 1.29 is 36.5 Å². The van der Waals surface area contributed by atoms with Gasteiger partial charge >= 0.3 is 17.9 Å². The van der Waals surface area contributed by atoms with Crippen molar-refractivity contribution in [2.75, 3.05) is 0 Å². The molecule has 8 heteroatoms. The molecule has 0 radical (unpaired) electrons. The van der Waals surface area contributed by atoms with Gasteiger partial charge in [0, 0.05) is 12.3 Å². The molecule has 1 spiro atoms. The standard InChI is InChI=1S/C12H11F5O3/c1-6-19-9(5-7-2-3-8(9)4-7)10(13,14)11(18,20-6)12(15,16)17/h2-3,7-8,18H,1,4-5H2. The lowest BCUT2D eigenvalue weighted by molar-refractivity contribution is -0.483. The molecule has 112 valence electrons. The predicted molar refractivity (Wildman–Crippen MR) is 55.3 cm³/mol. The highest BCUT2D eigenvalue weighted by Crippen LogP contribution is 2.63. The minimum absolute atomic E-state index is 0.261. The fraction of sp³-hybridized carbons (Fsp3) is 0.667. The van der Waals surface area contributed by atoms with Crippen LogP contribution in [0.3, 0.4) is 0 Å². The molecule has 3 aliphatic rings. The van der Waals surface area contributed by atoms with Gasteiger partial charge in [-0.15, -0.1) is 0 Å². The summed E-state index contributed by atoms with van der Waals surface area (Å²) in [6.45, 7) is 3.03. The Morgan fingerprint density at radius 1 is 1.25 bits per heavy atom. The van der Waals surface area contributed by atoms with Crippen molar-refractivity contribution in [2.45, 2.75) is 36.3 Å². The van der Waals surface area contributed by atoms with E-state index in [0.29, 0.717) is 0 Å². The second kappa shape index (κ2) is 3.47. The fourth-order valence-electron chi connectivity index (χ4n) is 3.33. The minimum Gasteiger partial charge on any atom is -0.452 e. The van der Waals surface area contributed by atoms with Gasteiger partial charge in [-0.2, -0.15) is 22.0 Å². The van der Waals surface area contributed by atoms with Crippen molar-refractivity contribution in [3.63, 3.8) is 0 Å². The van der Waals surface area contributed by atoms with Gasteiger partial charge in [0.1, 0.15) is 0 Å². The summed E-state index contributed by atoms with van der Waals surface area (Å²) in [5.74, 6) is -11.4. The number of aliphatic hydroxyl groups is 1. The van der Waals surface area contributed by atoms with Crippen LogP contribution in [0.15, 0.2) is 24.7 Å². The van der Waals surface area contributed by atoms with E-state index >= 15 is 0 Å². The average molecular weight is 298 g/mol. The predicted octanol–water partition coefficient (Wildman–Crippen LogP) is 2.73. The normalized spacial score (nSPS) is 45.6. The molecule has 0 aromatic heterocycles. The smallest absolute Gasteiger partial charge is 0.452 e. The lowest BCUT2D eigenvalue weighted by Gasteiger charge is -2.52. The molecule has 1 heterocycles. The monoisotopic (exact) mass is 298 g/mol. The molecule has 1 N–H and O–H groups in total. The molecule has 0 aromatic carbocycles. The molecule has 3 nitrogen and oxygen atoms in total. The molecule has 2 bridgehead atoms. The summed E-state index contributed by atoms with van der Waals surface area (Å²) in [7, 11) is 0. The van der Waals surface area contributed by atoms with E-state index in [1.165, 1.54) is 6.08 Å². The van der Waals surface area contributed by atoms with Crippen molar-refractivity contribution in [2.24, 2.45) is 11.8 Å². The van der Waals surface area contributed by atoms with E-state index in [4.69, 9.17) is 4.74 Å².